The summed E-state index contributed by atoms with van der Waals surface area (Å²) in [5.74, 6) is -1.75. The second kappa shape index (κ2) is 6.83. The molecule has 0 aliphatic carbocycles. The zero-order valence-electron chi connectivity index (χ0n) is 14.3. The van der Waals surface area contributed by atoms with E-state index in [0.717, 1.165) is 11.1 Å². The minimum Gasteiger partial charge on any atom is -0.507 e. The summed E-state index contributed by atoms with van der Waals surface area (Å²) in [6.07, 6.45) is 4.85. The van der Waals surface area contributed by atoms with Gasteiger partial charge >= 0.3 is 5.63 Å². The van der Waals surface area contributed by atoms with Crippen molar-refractivity contribution in [1.29, 1.82) is 0 Å². The molecule has 2 aromatic rings. The zero-order chi connectivity index (χ0) is 18.0. The van der Waals surface area contributed by atoms with Crippen LogP contribution in [-0.4, -0.2) is 15.3 Å². The number of phenolic OH excluding ortho intramolecular Hbond substituents is 1. The van der Waals surface area contributed by atoms with Gasteiger partial charge in [-0.15, -0.1) is 0 Å². The number of fused-ring (bicyclic) bond motifs is 1. The van der Waals surface area contributed by atoms with Crippen molar-refractivity contribution < 1.29 is 19.7 Å². The molecule has 0 fully saturated rings. The lowest BCUT2D eigenvalue weighted by molar-refractivity contribution is 0.375. The van der Waals surface area contributed by atoms with Crippen LogP contribution in [0.25, 0.3) is 11.0 Å². The molecular weight excluding hydrogens is 308 g/mol. The van der Waals surface area contributed by atoms with Gasteiger partial charge in [0.25, 0.3) is 0 Å². The van der Waals surface area contributed by atoms with Crippen LogP contribution >= 0.6 is 0 Å². The number of aromatic hydroxyl groups is 3. The Morgan fingerprint density at radius 2 is 1.46 bits per heavy atom. The topological polar surface area (TPSA) is 90.9 Å². The number of phenols is 1. The average Bonchev–Trinajstić information content (AvgIpc) is 2.50. The molecule has 0 radical (unpaired) electrons. The summed E-state index contributed by atoms with van der Waals surface area (Å²) in [4.78, 5) is 11.7. The quantitative estimate of drug-likeness (QED) is 0.584. The fraction of sp³-hybridized carbons (Fsp3) is 0.316. The summed E-state index contributed by atoms with van der Waals surface area (Å²) in [6, 6.07) is 1.76. The molecule has 0 saturated heterocycles. The van der Waals surface area contributed by atoms with Crippen LogP contribution in [0.4, 0.5) is 0 Å². The molecule has 0 spiro atoms. The van der Waals surface area contributed by atoms with Crippen molar-refractivity contribution in [2.45, 2.75) is 40.5 Å². The standard InChI is InChI=1S/C19H22O5/c1-10(2)5-7-12-9-13(8-6-11(3)4)18-14(15(12)20)16(21)17(22)19(23)24-18/h5-6,9,20-22H,7-8H2,1-4H3. The molecule has 2 rings (SSSR count). The molecule has 0 aliphatic rings. The van der Waals surface area contributed by atoms with Crippen molar-refractivity contribution in [1.82, 2.24) is 0 Å². The van der Waals surface area contributed by atoms with Gasteiger partial charge in [0.1, 0.15) is 16.7 Å². The molecule has 0 aliphatic heterocycles. The lowest BCUT2D eigenvalue weighted by atomic mass is 9.98. The number of hydrogen-bond acceptors (Lipinski definition) is 5. The molecule has 24 heavy (non-hydrogen) atoms. The first-order chi connectivity index (χ1) is 11.2. The molecule has 0 bridgehead atoms. The van der Waals surface area contributed by atoms with Gasteiger partial charge in [-0.1, -0.05) is 23.3 Å². The van der Waals surface area contributed by atoms with E-state index in [1.807, 2.05) is 39.8 Å². The molecule has 0 atom stereocenters. The van der Waals surface area contributed by atoms with E-state index in [-0.39, 0.29) is 16.7 Å². The summed E-state index contributed by atoms with van der Waals surface area (Å²) in [5, 5.41) is 30.2. The van der Waals surface area contributed by atoms with Crippen LogP contribution in [0.15, 0.2) is 38.6 Å². The molecule has 1 heterocycles. The van der Waals surface area contributed by atoms with Gasteiger partial charge in [0.05, 0.1) is 0 Å². The first-order valence-electron chi connectivity index (χ1n) is 7.71. The number of benzene rings is 1. The summed E-state index contributed by atoms with van der Waals surface area (Å²) in [5.41, 5.74) is 2.48. The predicted molar refractivity (Wildman–Crippen MR) is 93.7 cm³/mol. The Morgan fingerprint density at radius 1 is 0.917 bits per heavy atom. The van der Waals surface area contributed by atoms with E-state index in [1.165, 1.54) is 0 Å². The largest absolute Gasteiger partial charge is 0.507 e. The summed E-state index contributed by atoms with van der Waals surface area (Å²) in [6.45, 7) is 7.80. The Bertz CT molecular complexity index is 892. The van der Waals surface area contributed by atoms with E-state index >= 15 is 0 Å². The highest BCUT2D eigenvalue weighted by atomic mass is 16.4. The minimum absolute atomic E-state index is 0.0380. The zero-order valence-corrected chi connectivity index (χ0v) is 14.3. The third-order valence-corrected chi connectivity index (χ3v) is 3.72. The fourth-order valence-corrected chi connectivity index (χ4v) is 2.40. The van der Waals surface area contributed by atoms with E-state index < -0.39 is 17.1 Å². The molecule has 0 amide bonds. The number of hydrogen-bond donors (Lipinski definition) is 3. The number of rotatable bonds is 4. The third kappa shape index (κ3) is 3.45. The van der Waals surface area contributed by atoms with Crippen molar-refractivity contribution in [3.8, 4) is 17.2 Å². The lowest BCUT2D eigenvalue weighted by Gasteiger charge is -2.12. The normalized spacial score (nSPS) is 10.7. The SMILES string of the molecule is CC(C)=CCc1cc(CC=C(C)C)c2oc(=O)c(O)c(O)c2c1O. The monoisotopic (exact) mass is 330 g/mol. The van der Waals surface area contributed by atoms with Crippen LogP contribution in [-0.2, 0) is 12.8 Å². The van der Waals surface area contributed by atoms with E-state index in [0.29, 0.717) is 24.0 Å². The predicted octanol–water partition coefficient (Wildman–Crippen LogP) is 3.93. The van der Waals surface area contributed by atoms with Gasteiger partial charge in [0.2, 0.25) is 5.75 Å². The maximum absolute atomic E-state index is 11.7. The van der Waals surface area contributed by atoms with Gasteiger partial charge in [-0.2, -0.15) is 0 Å². The van der Waals surface area contributed by atoms with Crippen LogP contribution < -0.4 is 5.63 Å². The molecule has 0 saturated carbocycles. The first kappa shape index (κ1) is 17.7. The Hall–Kier alpha value is -2.69. The fourth-order valence-electron chi connectivity index (χ4n) is 2.40. The summed E-state index contributed by atoms with van der Waals surface area (Å²) < 4.78 is 5.13. The van der Waals surface area contributed by atoms with E-state index in [9.17, 15) is 20.1 Å². The molecule has 1 aromatic heterocycles. The van der Waals surface area contributed by atoms with Crippen molar-refractivity contribution in [2.75, 3.05) is 0 Å². The third-order valence-electron chi connectivity index (χ3n) is 3.72. The average molecular weight is 330 g/mol. The second-order valence-corrected chi connectivity index (χ2v) is 6.31. The van der Waals surface area contributed by atoms with Gasteiger partial charge in [-0.05, 0) is 52.2 Å². The van der Waals surface area contributed by atoms with Crippen LogP contribution in [0.1, 0.15) is 38.8 Å². The molecule has 1 aromatic carbocycles. The minimum atomic E-state index is -1.03. The van der Waals surface area contributed by atoms with Gasteiger partial charge in [0.15, 0.2) is 5.75 Å². The van der Waals surface area contributed by atoms with Gasteiger partial charge in [-0.25, -0.2) is 4.79 Å². The Labute approximate surface area is 140 Å². The Morgan fingerprint density at radius 3 is 2.00 bits per heavy atom. The molecule has 3 N–H and O–H groups in total. The molecule has 128 valence electrons. The molecule has 5 heteroatoms. The smallest absolute Gasteiger partial charge is 0.382 e. The van der Waals surface area contributed by atoms with E-state index in [1.54, 1.807) is 6.07 Å². The van der Waals surface area contributed by atoms with Crippen molar-refractivity contribution in [2.24, 2.45) is 0 Å². The van der Waals surface area contributed by atoms with Gasteiger partial charge in [-0.3, -0.25) is 0 Å². The second-order valence-electron chi connectivity index (χ2n) is 6.31. The maximum atomic E-state index is 11.7. The van der Waals surface area contributed by atoms with Crippen LogP contribution in [0.3, 0.4) is 0 Å². The van der Waals surface area contributed by atoms with Crippen molar-refractivity contribution >= 4 is 11.0 Å². The number of allylic oxidation sites excluding steroid dienone is 4. The van der Waals surface area contributed by atoms with Gasteiger partial charge in [0, 0.05) is 5.56 Å². The summed E-state index contributed by atoms with van der Waals surface area (Å²) >= 11 is 0. The van der Waals surface area contributed by atoms with Crippen LogP contribution in [0.5, 0.6) is 17.2 Å². The van der Waals surface area contributed by atoms with Crippen molar-refractivity contribution in [3.05, 3.63) is 50.9 Å². The molecular formula is C19H22O5. The highest BCUT2D eigenvalue weighted by Crippen LogP contribution is 2.41. The molecule has 0 unspecified atom stereocenters. The summed E-state index contributed by atoms with van der Waals surface area (Å²) in [7, 11) is 0. The Balaban J connectivity index is 2.82. The van der Waals surface area contributed by atoms with E-state index in [2.05, 4.69) is 0 Å². The van der Waals surface area contributed by atoms with Gasteiger partial charge < -0.3 is 19.7 Å². The van der Waals surface area contributed by atoms with Crippen LogP contribution in [0, 0.1) is 0 Å². The maximum Gasteiger partial charge on any atom is 0.382 e. The Kier molecular flexibility index (Phi) is 5.02. The highest BCUT2D eigenvalue weighted by molar-refractivity contribution is 5.94. The van der Waals surface area contributed by atoms with Crippen molar-refractivity contribution in [3.63, 3.8) is 0 Å². The highest BCUT2D eigenvalue weighted by Gasteiger charge is 2.21. The van der Waals surface area contributed by atoms with Crippen LogP contribution in [0.2, 0.25) is 0 Å². The lowest BCUT2D eigenvalue weighted by Crippen LogP contribution is -2.01. The van der Waals surface area contributed by atoms with E-state index in [4.69, 9.17) is 4.42 Å². The molecule has 5 nitrogen and oxygen atoms in total. The first-order valence-corrected chi connectivity index (χ1v) is 7.71.